The van der Waals surface area contributed by atoms with E-state index in [4.69, 9.17) is 0 Å². The number of anilines is 1. The highest BCUT2D eigenvalue weighted by Gasteiger charge is 2.27. The number of rotatable bonds is 8. The number of hydrogen-bond donors (Lipinski definition) is 1. The molecule has 27 heavy (non-hydrogen) atoms. The maximum absolute atomic E-state index is 12.4. The molecule has 5 nitrogen and oxygen atoms in total. The van der Waals surface area contributed by atoms with Crippen LogP contribution in [0, 0.1) is 0 Å². The molecule has 0 amide bonds. The SMILES string of the molecule is C=CS(=O)(=O)N[C@@H]1CCCN(CCN(C)c2ccc(CC(F)(F)F)cc2)C1. The van der Waals surface area contributed by atoms with Crippen molar-refractivity contribution in [1.29, 1.82) is 0 Å². The molecule has 1 saturated heterocycles. The summed E-state index contributed by atoms with van der Waals surface area (Å²) in [6.07, 6.45) is -3.43. The minimum atomic E-state index is -4.20. The van der Waals surface area contributed by atoms with Crippen molar-refractivity contribution in [2.75, 3.05) is 38.1 Å². The summed E-state index contributed by atoms with van der Waals surface area (Å²) in [7, 11) is -1.55. The van der Waals surface area contributed by atoms with Crippen molar-refractivity contribution in [3.05, 3.63) is 41.8 Å². The molecule has 0 saturated carbocycles. The first-order valence-electron chi connectivity index (χ1n) is 8.82. The topological polar surface area (TPSA) is 52.7 Å². The number of sulfonamides is 1. The van der Waals surface area contributed by atoms with Crippen molar-refractivity contribution >= 4 is 15.7 Å². The Bertz CT molecular complexity index is 720. The van der Waals surface area contributed by atoms with E-state index in [-0.39, 0.29) is 11.6 Å². The van der Waals surface area contributed by atoms with Crippen LogP contribution >= 0.6 is 0 Å². The number of likely N-dealkylation sites (tertiary alicyclic amines) is 1. The molecule has 9 heteroatoms. The summed E-state index contributed by atoms with van der Waals surface area (Å²) in [4.78, 5) is 4.17. The fourth-order valence-corrected chi connectivity index (χ4v) is 3.91. The summed E-state index contributed by atoms with van der Waals surface area (Å²) in [5, 5.41) is 0.919. The Hall–Kier alpha value is -1.58. The van der Waals surface area contributed by atoms with E-state index in [9.17, 15) is 21.6 Å². The van der Waals surface area contributed by atoms with Crippen molar-refractivity contribution in [3.63, 3.8) is 0 Å². The third kappa shape index (κ3) is 7.51. The zero-order valence-electron chi connectivity index (χ0n) is 15.4. The van der Waals surface area contributed by atoms with Gasteiger partial charge in [0.1, 0.15) is 0 Å². The number of nitrogens with one attached hydrogen (secondary N) is 1. The van der Waals surface area contributed by atoms with Crippen LogP contribution in [0.3, 0.4) is 0 Å². The summed E-state index contributed by atoms with van der Waals surface area (Å²) in [5.74, 6) is 0. The van der Waals surface area contributed by atoms with Crippen LogP contribution in [0.25, 0.3) is 0 Å². The molecule has 1 aliphatic heterocycles. The maximum atomic E-state index is 12.4. The Kier molecular flexibility index (Phi) is 7.30. The standard InChI is InChI=1S/C18H26F3N3O2S/c1-3-27(25,26)22-16-5-4-10-24(14-16)12-11-23(2)17-8-6-15(7-9-17)13-18(19,20)21/h3,6-9,16,22H,1,4-5,10-14H2,2H3/t16-/m1/s1. The van der Waals surface area contributed by atoms with E-state index in [2.05, 4.69) is 16.2 Å². The van der Waals surface area contributed by atoms with Crippen molar-refractivity contribution in [3.8, 4) is 0 Å². The molecule has 1 aromatic rings. The van der Waals surface area contributed by atoms with E-state index in [1.807, 2.05) is 11.9 Å². The van der Waals surface area contributed by atoms with Crippen LogP contribution in [0.2, 0.25) is 0 Å². The average molecular weight is 405 g/mol. The van der Waals surface area contributed by atoms with Crippen molar-refractivity contribution in [1.82, 2.24) is 9.62 Å². The van der Waals surface area contributed by atoms with E-state index >= 15 is 0 Å². The second kappa shape index (κ2) is 9.07. The lowest BCUT2D eigenvalue weighted by Gasteiger charge is -2.34. The molecule has 1 N–H and O–H groups in total. The molecule has 1 fully saturated rings. The number of hydrogen-bond acceptors (Lipinski definition) is 4. The Balaban J connectivity index is 1.84. The van der Waals surface area contributed by atoms with Crippen LogP contribution in [0.5, 0.6) is 0 Å². The number of benzene rings is 1. The lowest BCUT2D eigenvalue weighted by molar-refractivity contribution is -0.127. The van der Waals surface area contributed by atoms with Gasteiger partial charge in [-0.15, -0.1) is 0 Å². The molecule has 2 rings (SSSR count). The first kappa shape index (κ1) is 21.7. The van der Waals surface area contributed by atoms with Crippen molar-refractivity contribution < 1.29 is 21.6 Å². The molecule has 152 valence electrons. The van der Waals surface area contributed by atoms with Gasteiger partial charge in [0, 0.05) is 43.8 Å². The third-order valence-corrected chi connectivity index (χ3v) is 5.69. The summed E-state index contributed by atoms with van der Waals surface area (Å²) < 4.78 is 63.1. The van der Waals surface area contributed by atoms with Crippen LogP contribution in [-0.2, 0) is 16.4 Å². The van der Waals surface area contributed by atoms with Crippen molar-refractivity contribution in [2.24, 2.45) is 0 Å². The minimum absolute atomic E-state index is 0.131. The molecular weight excluding hydrogens is 379 g/mol. The number of nitrogens with zero attached hydrogens (tertiary/aromatic N) is 2. The fraction of sp³-hybridized carbons (Fsp3) is 0.556. The summed E-state index contributed by atoms with van der Waals surface area (Å²) >= 11 is 0. The fourth-order valence-electron chi connectivity index (χ4n) is 3.16. The second-order valence-electron chi connectivity index (χ2n) is 6.85. The van der Waals surface area contributed by atoms with Gasteiger partial charge < -0.3 is 4.90 Å². The molecule has 0 spiro atoms. The smallest absolute Gasteiger partial charge is 0.373 e. The van der Waals surface area contributed by atoms with E-state index in [1.54, 1.807) is 12.1 Å². The van der Waals surface area contributed by atoms with E-state index in [1.165, 1.54) is 12.1 Å². The largest absolute Gasteiger partial charge is 0.393 e. The first-order valence-corrected chi connectivity index (χ1v) is 10.4. The highest BCUT2D eigenvalue weighted by atomic mass is 32.2. The van der Waals surface area contributed by atoms with Gasteiger partial charge in [0.2, 0.25) is 10.0 Å². The molecule has 0 unspecified atom stereocenters. The van der Waals surface area contributed by atoms with Crippen LogP contribution in [0.1, 0.15) is 18.4 Å². The monoisotopic (exact) mass is 405 g/mol. The van der Waals surface area contributed by atoms with E-state index in [0.717, 1.165) is 37.0 Å². The molecule has 0 bridgehead atoms. The van der Waals surface area contributed by atoms with Crippen LogP contribution in [-0.4, -0.2) is 58.8 Å². The lowest BCUT2D eigenvalue weighted by Crippen LogP contribution is -2.48. The zero-order valence-corrected chi connectivity index (χ0v) is 16.2. The molecule has 1 aliphatic rings. The van der Waals surface area contributed by atoms with Gasteiger partial charge in [0.05, 0.1) is 6.42 Å². The van der Waals surface area contributed by atoms with Gasteiger partial charge in [0.15, 0.2) is 0 Å². The molecule has 1 heterocycles. The number of alkyl halides is 3. The van der Waals surface area contributed by atoms with Gasteiger partial charge >= 0.3 is 6.18 Å². The number of halogens is 3. The molecule has 0 radical (unpaired) electrons. The summed E-state index contributed by atoms with van der Waals surface area (Å²) in [6, 6.07) is 6.26. The quantitative estimate of drug-likeness (QED) is 0.723. The molecule has 0 aliphatic carbocycles. The zero-order chi connectivity index (χ0) is 20.1. The van der Waals surface area contributed by atoms with Crippen LogP contribution < -0.4 is 9.62 Å². The van der Waals surface area contributed by atoms with E-state index < -0.39 is 22.6 Å². The Morgan fingerprint density at radius 2 is 2.00 bits per heavy atom. The molecule has 1 aromatic carbocycles. The lowest BCUT2D eigenvalue weighted by atomic mass is 10.1. The first-order chi connectivity index (χ1) is 12.6. The third-order valence-electron chi connectivity index (χ3n) is 4.59. The number of likely N-dealkylation sites (N-methyl/N-ethyl adjacent to an activating group) is 1. The summed E-state index contributed by atoms with van der Waals surface area (Å²) in [6.45, 7) is 6.26. The highest BCUT2D eigenvalue weighted by Crippen LogP contribution is 2.23. The van der Waals surface area contributed by atoms with Gasteiger partial charge in [-0.25, -0.2) is 13.1 Å². The van der Waals surface area contributed by atoms with Gasteiger partial charge in [-0.1, -0.05) is 18.7 Å². The number of piperidine rings is 1. The average Bonchev–Trinajstić information content (AvgIpc) is 2.59. The van der Waals surface area contributed by atoms with E-state index in [0.29, 0.717) is 13.1 Å². The predicted molar refractivity (Wildman–Crippen MR) is 101 cm³/mol. The normalized spacial score (nSPS) is 19.0. The highest BCUT2D eigenvalue weighted by molar-refractivity contribution is 7.92. The Labute approximate surface area is 158 Å². The maximum Gasteiger partial charge on any atom is 0.393 e. The second-order valence-corrected chi connectivity index (χ2v) is 8.51. The molecule has 0 aromatic heterocycles. The van der Waals surface area contributed by atoms with Gasteiger partial charge in [-0.3, -0.25) is 4.90 Å². The molecule has 1 atom stereocenters. The Morgan fingerprint density at radius 1 is 1.33 bits per heavy atom. The van der Waals surface area contributed by atoms with Crippen LogP contribution in [0.4, 0.5) is 18.9 Å². The van der Waals surface area contributed by atoms with Crippen molar-refractivity contribution in [2.45, 2.75) is 31.5 Å². The predicted octanol–water partition coefficient (Wildman–Crippen LogP) is 2.75. The molecular formula is C18H26F3N3O2S. The van der Waals surface area contributed by atoms with Gasteiger partial charge in [0.25, 0.3) is 0 Å². The van der Waals surface area contributed by atoms with Gasteiger partial charge in [-0.05, 0) is 37.1 Å². The summed E-state index contributed by atoms with van der Waals surface area (Å²) in [5.41, 5.74) is 1.09. The Morgan fingerprint density at radius 3 is 2.59 bits per heavy atom. The van der Waals surface area contributed by atoms with Gasteiger partial charge in [-0.2, -0.15) is 13.2 Å². The minimum Gasteiger partial charge on any atom is -0.373 e. The van der Waals surface area contributed by atoms with Crippen LogP contribution in [0.15, 0.2) is 36.3 Å².